The summed E-state index contributed by atoms with van der Waals surface area (Å²) < 4.78 is 5.22. The highest BCUT2D eigenvalue weighted by Crippen LogP contribution is 2.26. The van der Waals surface area contributed by atoms with Crippen molar-refractivity contribution in [2.75, 3.05) is 7.05 Å². The van der Waals surface area contributed by atoms with Gasteiger partial charge in [0, 0.05) is 12.1 Å². The van der Waals surface area contributed by atoms with Crippen molar-refractivity contribution in [3.63, 3.8) is 0 Å². The maximum Gasteiger partial charge on any atom is 0.407 e. The molecule has 4 heteroatoms. The Morgan fingerprint density at radius 1 is 1.47 bits per heavy atom. The molecule has 0 heterocycles. The Hall–Kier alpha value is -1.22. The summed E-state index contributed by atoms with van der Waals surface area (Å²) in [4.78, 5) is 11.1. The van der Waals surface area contributed by atoms with Crippen LogP contribution in [-0.2, 0) is 10.3 Å². The Bertz CT molecular complexity index is 363. The maximum absolute atomic E-state index is 11.1. The van der Waals surface area contributed by atoms with E-state index in [4.69, 9.17) is 16.3 Å². The van der Waals surface area contributed by atoms with Crippen LogP contribution < -0.4 is 5.32 Å². The fourth-order valence-electron chi connectivity index (χ4n) is 1.20. The van der Waals surface area contributed by atoms with Gasteiger partial charge in [-0.1, -0.05) is 23.7 Å². The topological polar surface area (TPSA) is 38.3 Å². The Balaban J connectivity index is 2.90. The molecule has 0 radical (unpaired) electrons. The van der Waals surface area contributed by atoms with E-state index >= 15 is 0 Å². The largest absolute Gasteiger partial charge is 0.439 e. The molecule has 0 spiro atoms. The number of rotatable bonds is 2. The fraction of sp³-hybridized carbons (Fsp3) is 0.364. The standard InChI is InChI=1S/C11H14ClNO2/c1-11(2,15-10(14)13-3)8-5-4-6-9(12)7-8/h4-7H,1-3H3,(H,13,14). The maximum atomic E-state index is 11.1. The molecule has 0 atom stereocenters. The summed E-state index contributed by atoms with van der Waals surface area (Å²) >= 11 is 5.87. The number of hydrogen-bond donors (Lipinski definition) is 1. The van der Waals surface area contributed by atoms with Crippen LogP contribution in [-0.4, -0.2) is 13.1 Å². The molecule has 3 nitrogen and oxygen atoms in total. The molecule has 1 aromatic carbocycles. The Labute approximate surface area is 94.4 Å². The molecule has 0 bridgehead atoms. The van der Waals surface area contributed by atoms with Gasteiger partial charge in [-0.25, -0.2) is 4.79 Å². The Morgan fingerprint density at radius 3 is 2.67 bits per heavy atom. The molecular formula is C11H14ClNO2. The summed E-state index contributed by atoms with van der Waals surface area (Å²) in [6, 6.07) is 7.26. The van der Waals surface area contributed by atoms with Crippen molar-refractivity contribution in [2.45, 2.75) is 19.4 Å². The molecule has 0 aliphatic carbocycles. The predicted molar refractivity (Wildman–Crippen MR) is 60.0 cm³/mol. The summed E-state index contributed by atoms with van der Waals surface area (Å²) in [5.74, 6) is 0. The van der Waals surface area contributed by atoms with Crippen molar-refractivity contribution in [1.82, 2.24) is 5.32 Å². The first-order valence-electron chi connectivity index (χ1n) is 4.62. The number of nitrogens with one attached hydrogen (secondary N) is 1. The molecule has 1 N–H and O–H groups in total. The van der Waals surface area contributed by atoms with E-state index in [-0.39, 0.29) is 0 Å². The lowest BCUT2D eigenvalue weighted by atomic mass is 9.98. The predicted octanol–water partition coefficient (Wildman–Crippen LogP) is 2.93. The van der Waals surface area contributed by atoms with Crippen LogP contribution in [0.2, 0.25) is 5.02 Å². The van der Waals surface area contributed by atoms with E-state index in [9.17, 15) is 4.79 Å². The van der Waals surface area contributed by atoms with E-state index in [1.807, 2.05) is 26.0 Å². The van der Waals surface area contributed by atoms with Crippen molar-refractivity contribution in [3.8, 4) is 0 Å². The smallest absolute Gasteiger partial charge is 0.407 e. The van der Waals surface area contributed by atoms with Crippen LogP contribution in [0.5, 0.6) is 0 Å². The molecule has 1 rings (SSSR count). The van der Waals surface area contributed by atoms with Gasteiger partial charge < -0.3 is 10.1 Å². The second-order valence-corrected chi connectivity index (χ2v) is 4.10. The molecule has 1 aromatic rings. The third kappa shape index (κ3) is 3.13. The Kier molecular flexibility index (Phi) is 3.58. The van der Waals surface area contributed by atoms with E-state index in [0.717, 1.165) is 5.56 Å². The first-order valence-corrected chi connectivity index (χ1v) is 5.00. The van der Waals surface area contributed by atoms with Gasteiger partial charge in [0.05, 0.1) is 0 Å². The molecule has 0 unspecified atom stereocenters. The summed E-state index contributed by atoms with van der Waals surface area (Å²) in [6.07, 6.45) is -0.458. The van der Waals surface area contributed by atoms with Gasteiger partial charge in [0.2, 0.25) is 0 Å². The monoisotopic (exact) mass is 227 g/mol. The van der Waals surface area contributed by atoms with Gasteiger partial charge in [-0.3, -0.25) is 0 Å². The fourth-order valence-corrected chi connectivity index (χ4v) is 1.39. The third-order valence-electron chi connectivity index (χ3n) is 2.07. The van der Waals surface area contributed by atoms with E-state index in [0.29, 0.717) is 5.02 Å². The average Bonchev–Trinajstić information content (AvgIpc) is 2.17. The highest BCUT2D eigenvalue weighted by Gasteiger charge is 2.24. The molecule has 0 aliphatic rings. The second-order valence-electron chi connectivity index (χ2n) is 3.66. The summed E-state index contributed by atoms with van der Waals surface area (Å²) in [7, 11) is 1.52. The number of amides is 1. The van der Waals surface area contributed by atoms with Gasteiger partial charge in [0.25, 0.3) is 0 Å². The molecule has 15 heavy (non-hydrogen) atoms. The molecule has 1 amide bonds. The molecule has 0 saturated heterocycles. The normalized spacial score (nSPS) is 10.9. The lowest BCUT2D eigenvalue weighted by Gasteiger charge is -2.25. The number of hydrogen-bond acceptors (Lipinski definition) is 2. The number of carbonyl (C=O) groups is 1. The van der Waals surface area contributed by atoms with Crippen LogP contribution in [0.15, 0.2) is 24.3 Å². The minimum Gasteiger partial charge on any atom is -0.439 e. The van der Waals surface area contributed by atoms with Crippen molar-refractivity contribution >= 4 is 17.7 Å². The zero-order valence-corrected chi connectivity index (χ0v) is 9.76. The highest BCUT2D eigenvalue weighted by molar-refractivity contribution is 6.30. The van der Waals surface area contributed by atoms with Gasteiger partial charge in [-0.05, 0) is 31.5 Å². The molecule has 82 valence electrons. The van der Waals surface area contributed by atoms with Crippen molar-refractivity contribution in [1.29, 1.82) is 0 Å². The highest BCUT2D eigenvalue weighted by atomic mass is 35.5. The van der Waals surface area contributed by atoms with Gasteiger partial charge in [-0.2, -0.15) is 0 Å². The SMILES string of the molecule is CNC(=O)OC(C)(C)c1cccc(Cl)c1. The first kappa shape index (κ1) is 11.9. The first-order chi connectivity index (χ1) is 6.95. The number of benzene rings is 1. The number of carbonyl (C=O) groups excluding carboxylic acids is 1. The van der Waals surface area contributed by atoms with Crippen LogP contribution >= 0.6 is 11.6 Å². The number of alkyl carbamates (subject to hydrolysis) is 1. The number of halogens is 1. The minimum atomic E-state index is -0.689. The van der Waals surface area contributed by atoms with E-state index in [1.54, 1.807) is 12.1 Å². The molecule has 0 saturated carbocycles. The zero-order chi connectivity index (χ0) is 11.5. The van der Waals surface area contributed by atoms with Crippen LogP contribution in [0, 0.1) is 0 Å². The molecular weight excluding hydrogens is 214 g/mol. The van der Waals surface area contributed by atoms with Crippen LogP contribution in [0.1, 0.15) is 19.4 Å². The lowest BCUT2D eigenvalue weighted by molar-refractivity contribution is 0.0378. The second kappa shape index (κ2) is 4.53. The summed E-state index contributed by atoms with van der Waals surface area (Å²) in [5.41, 5.74) is 0.170. The van der Waals surface area contributed by atoms with Crippen molar-refractivity contribution in [2.24, 2.45) is 0 Å². The van der Waals surface area contributed by atoms with Crippen LogP contribution in [0.4, 0.5) is 4.79 Å². The quantitative estimate of drug-likeness (QED) is 0.844. The van der Waals surface area contributed by atoms with Crippen LogP contribution in [0.3, 0.4) is 0 Å². The van der Waals surface area contributed by atoms with E-state index in [1.165, 1.54) is 7.05 Å². The average molecular weight is 228 g/mol. The van der Waals surface area contributed by atoms with Gasteiger partial charge in [0.15, 0.2) is 0 Å². The molecule has 0 aliphatic heterocycles. The van der Waals surface area contributed by atoms with Crippen molar-refractivity contribution in [3.05, 3.63) is 34.9 Å². The van der Waals surface area contributed by atoms with Crippen LogP contribution in [0.25, 0.3) is 0 Å². The van der Waals surface area contributed by atoms with Gasteiger partial charge in [-0.15, -0.1) is 0 Å². The summed E-state index contributed by atoms with van der Waals surface area (Å²) in [5, 5.41) is 3.04. The molecule has 0 aromatic heterocycles. The van der Waals surface area contributed by atoms with Gasteiger partial charge in [0.1, 0.15) is 5.60 Å². The van der Waals surface area contributed by atoms with Gasteiger partial charge >= 0.3 is 6.09 Å². The zero-order valence-electron chi connectivity index (χ0n) is 9.00. The van der Waals surface area contributed by atoms with Crippen molar-refractivity contribution < 1.29 is 9.53 Å². The third-order valence-corrected chi connectivity index (χ3v) is 2.31. The minimum absolute atomic E-state index is 0.458. The summed E-state index contributed by atoms with van der Waals surface area (Å²) in [6.45, 7) is 3.63. The number of ether oxygens (including phenoxy) is 1. The molecule has 0 fully saturated rings. The lowest BCUT2D eigenvalue weighted by Crippen LogP contribution is -2.30. The van der Waals surface area contributed by atoms with E-state index < -0.39 is 11.7 Å². The Morgan fingerprint density at radius 2 is 2.13 bits per heavy atom. The van der Waals surface area contributed by atoms with E-state index in [2.05, 4.69) is 5.32 Å².